The Morgan fingerprint density at radius 2 is 2.19 bits per heavy atom. The van der Waals surface area contributed by atoms with E-state index in [-0.39, 0.29) is 12.1 Å². The van der Waals surface area contributed by atoms with Crippen molar-refractivity contribution in [1.82, 2.24) is 5.32 Å². The Labute approximate surface area is 102 Å². The molecule has 0 aliphatic rings. The zero-order valence-corrected chi connectivity index (χ0v) is 11.3. The molecule has 1 aromatic heterocycles. The quantitative estimate of drug-likeness (QED) is 0.799. The van der Waals surface area contributed by atoms with Gasteiger partial charge in [-0.2, -0.15) is 0 Å². The summed E-state index contributed by atoms with van der Waals surface area (Å²) >= 11 is 1.71. The minimum absolute atomic E-state index is 0.224. The highest BCUT2D eigenvalue weighted by Gasteiger charge is 2.17. The maximum Gasteiger partial charge on any atom is 0.134 e. The van der Waals surface area contributed by atoms with Crippen molar-refractivity contribution in [1.29, 1.82) is 0 Å². The lowest BCUT2D eigenvalue weighted by atomic mass is 10.2. The standard InChI is InChI=1S/C12H21NO2S/c1-5-13-10(8-15-9(2)3)12-11(14-4)6-7-16-12/h6-7,9-10,13H,5,8H2,1-4H3. The average Bonchev–Trinajstić information content (AvgIpc) is 2.71. The summed E-state index contributed by atoms with van der Waals surface area (Å²) in [6.45, 7) is 7.81. The van der Waals surface area contributed by atoms with Crippen LogP contribution in [-0.4, -0.2) is 26.4 Å². The maximum atomic E-state index is 5.67. The molecular formula is C12H21NO2S. The molecule has 16 heavy (non-hydrogen) atoms. The molecule has 3 nitrogen and oxygen atoms in total. The van der Waals surface area contributed by atoms with Gasteiger partial charge in [-0.25, -0.2) is 0 Å². The molecule has 1 heterocycles. The summed E-state index contributed by atoms with van der Waals surface area (Å²) in [4.78, 5) is 1.21. The average molecular weight is 243 g/mol. The van der Waals surface area contributed by atoms with Gasteiger partial charge in [-0.05, 0) is 31.8 Å². The molecular weight excluding hydrogens is 222 g/mol. The van der Waals surface area contributed by atoms with Crippen molar-refractivity contribution in [3.8, 4) is 5.75 Å². The molecule has 0 aliphatic carbocycles. The van der Waals surface area contributed by atoms with Crippen molar-refractivity contribution in [3.05, 3.63) is 16.3 Å². The van der Waals surface area contributed by atoms with Crippen molar-refractivity contribution in [2.24, 2.45) is 0 Å². The van der Waals surface area contributed by atoms with E-state index in [1.165, 1.54) is 4.88 Å². The Morgan fingerprint density at radius 3 is 2.75 bits per heavy atom. The summed E-state index contributed by atoms with van der Waals surface area (Å²) < 4.78 is 11.0. The number of methoxy groups -OCH3 is 1. The summed E-state index contributed by atoms with van der Waals surface area (Å²) in [6.07, 6.45) is 0.257. The summed E-state index contributed by atoms with van der Waals surface area (Å²) in [7, 11) is 1.71. The summed E-state index contributed by atoms with van der Waals surface area (Å²) in [5.41, 5.74) is 0. The Kier molecular flexibility index (Phi) is 5.80. The van der Waals surface area contributed by atoms with Crippen molar-refractivity contribution < 1.29 is 9.47 Å². The topological polar surface area (TPSA) is 30.5 Å². The van der Waals surface area contributed by atoms with Gasteiger partial charge in [0.15, 0.2) is 0 Å². The van der Waals surface area contributed by atoms with Crippen molar-refractivity contribution in [3.63, 3.8) is 0 Å². The third-order valence-electron chi connectivity index (χ3n) is 2.24. The van der Waals surface area contributed by atoms with E-state index in [0.717, 1.165) is 12.3 Å². The van der Waals surface area contributed by atoms with E-state index in [9.17, 15) is 0 Å². The van der Waals surface area contributed by atoms with E-state index in [1.807, 2.05) is 11.4 Å². The lowest BCUT2D eigenvalue weighted by molar-refractivity contribution is 0.0616. The highest BCUT2D eigenvalue weighted by molar-refractivity contribution is 7.10. The normalized spacial score (nSPS) is 13.1. The highest BCUT2D eigenvalue weighted by atomic mass is 32.1. The van der Waals surface area contributed by atoms with Gasteiger partial charge < -0.3 is 14.8 Å². The molecule has 0 aromatic carbocycles. The molecule has 4 heteroatoms. The van der Waals surface area contributed by atoms with Gasteiger partial charge in [0.2, 0.25) is 0 Å². The molecule has 0 spiro atoms. The molecule has 0 saturated heterocycles. The third-order valence-corrected chi connectivity index (χ3v) is 3.25. The van der Waals surface area contributed by atoms with Crippen molar-refractivity contribution in [2.75, 3.05) is 20.3 Å². The van der Waals surface area contributed by atoms with Crippen LogP contribution in [0.5, 0.6) is 5.75 Å². The first-order valence-electron chi connectivity index (χ1n) is 5.65. The molecule has 1 aromatic rings. The number of thiophene rings is 1. The first kappa shape index (κ1) is 13.5. The Bertz CT molecular complexity index is 299. The predicted octanol–water partition coefficient (Wildman–Crippen LogP) is 2.83. The SMILES string of the molecule is CCNC(COC(C)C)c1sccc1OC. The van der Waals surface area contributed by atoms with E-state index in [4.69, 9.17) is 9.47 Å². The second-order valence-corrected chi connectivity index (χ2v) is 4.79. The van der Waals surface area contributed by atoms with Gasteiger partial charge in [0.05, 0.1) is 30.7 Å². The summed E-state index contributed by atoms with van der Waals surface area (Å²) in [5, 5.41) is 5.47. The van der Waals surface area contributed by atoms with Crippen LogP contribution in [0.2, 0.25) is 0 Å². The number of likely N-dealkylation sites (N-methyl/N-ethyl adjacent to an activating group) is 1. The fourth-order valence-corrected chi connectivity index (χ4v) is 2.42. The second kappa shape index (κ2) is 6.89. The molecule has 0 aliphatic heterocycles. The molecule has 1 rings (SSSR count). The molecule has 0 amide bonds. The lowest BCUT2D eigenvalue weighted by Crippen LogP contribution is -2.26. The van der Waals surface area contributed by atoms with E-state index in [0.29, 0.717) is 6.61 Å². The van der Waals surface area contributed by atoms with Crippen molar-refractivity contribution >= 4 is 11.3 Å². The van der Waals surface area contributed by atoms with Crippen molar-refractivity contribution in [2.45, 2.75) is 32.9 Å². The van der Waals surface area contributed by atoms with Gasteiger partial charge in [-0.15, -0.1) is 11.3 Å². The van der Waals surface area contributed by atoms with Gasteiger partial charge in [0.25, 0.3) is 0 Å². The van der Waals surface area contributed by atoms with Crippen LogP contribution in [0.1, 0.15) is 31.7 Å². The number of rotatable bonds is 7. The van der Waals surface area contributed by atoms with Crippen LogP contribution in [0.25, 0.3) is 0 Å². The Hall–Kier alpha value is -0.580. The van der Waals surface area contributed by atoms with Crippen LogP contribution in [0.15, 0.2) is 11.4 Å². The fraction of sp³-hybridized carbons (Fsp3) is 0.667. The van der Waals surface area contributed by atoms with Gasteiger partial charge >= 0.3 is 0 Å². The van der Waals surface area contributed by atoms with Gasteiger partial charge in [0, 0.05) is 0 Å². The predicted molar refractivity (Wildman–Crippen MR) is 68.4 cm³/mol. The smallest absolute Gasteiger partial charge is 0.134 e. The van der Waals surface area contributed by atoms with E-state index < -0.39 is 0 Å². The molecule has 1 unspecified atom stereocenters. The van der Waals surface area contributed by atoms with Crippen LogP contribution in [0.4, 0.5) is 0 Å². The van der Waals surface area contributed by atoms with Crippen LogP contribution in [0.3, 0.4) is 0 Å². The fourth-order valence-electron chi connectivity index (χ4n) is 1.49. The minimum atomic E-state index is 0.224. The van der Waals surface area contributed by atoms with Crippen LogP contribution in [0, 0.1) is 0 Å². The van der Waals surface area contributed by atoms with Crippen LogP contribution < -0.4 is 10.1 Å². The van der Waals surface area contributed by atoms with E-state index >= 15 is 0 Å². The summed E-state index contributed by atoms with van der Waals surface area (Å²) in [6, 6.07) is 2.22. The Balaban J connectivity index is 2.68. The van der Waals surface area contributed by atoms with Crippen LogP contribution >= 0.6 is 11.3 Å². The van der Waals surface area contributed by atoms with Gasteiger partial charge in [-0.1, -0.05) is 6.92 Å². The lowest BCUT2D eigenvalue weighted by Gasteiger charge is -2.19. The monoisotopic (exact) mass is 243 g/mol. The molecule has 92 valence electrons. The molecule has 0 fully saturated rings. The third kappa shape index (κ3) is 3.77. The van der Waals surface area contributed by atoms with Crippen LogP contribution in [-0.2, 0) is 4.74 Å². The Morgan fingerprint density at radius 1 is 1.44 bits per heavy atom. The van der Waals surface area contributed by atoms with E-state index in [1.54, 1.807) is 18.4 Å². The first-order chi connectivity index (χ1) is 7.69. The van der Waals surface area contributed by atoms with Gasteiger partial charge in [-0.3, -0.25) is 0 Å². The number of ether oxygens (including phenoxy) is 2. The number of hydrogen-bond donors (Lipinski definition) is 1. The van der Waals surface area contributed by atoms with Gasteiger partial charge in [0.1, 0.15) is 5.75 Å². The number of hydrogen-bond acceptors (Lipinski definition) is 4. The first-order valence-corrected chi connectivity index (χ1v) is 6.53. The van der Waals surface area contributed by atoms with E-state index in [2.05, 4.69) is 26.1 Å². The molecule has 0 bridgehead atoms. The molecule has 0 radical (unpaired) electrons. The molecule has 0 saturated carbocycles. The zero-order chi connectivity index (χ0) is 12.0. The molecule has 1 atom stereocenters. The maximum absolute atomic E-state index is 5.67. The number of nitrogens with one attached hydrogen (secondary N) is 1. The minimum Gasteiger partial charge on any atom is -0.496 e. The summed E-state index contributed by atoms with van der Waals surface area (Å²) in [5.74, 6) is 0.948. The highest BCUT2D eigenvalue weighted by Crippen LogP contribution is 2.31. The largest absolute Gasteiger partial charge is 0.496 e. The molecule has 1 N–H and O–H groups in total. The second-order valence-electron chi connectivity index (χ2n) is 3.85. The zero-order valence-electron chi connectivity index (χ0n) is 10.4.